The van der Waals surface area contributed by atoms with Gasteiger partial charge >= 0.3 is 23.9 Å². The third kappa shape index (κ3) is 7.29. The van der Waals surface area contributed by atoms with E-state index in [0.717, 1.165) is 36.8 Å². The van der Waals surface area contributed by atoms with E-state index in [4.69, 9.17) is 18.9 Å². The average molecular weight is 551 g/mol. The van der Waals surface area contributed by atoms with Crippen LogP contribution in [0.2, 0.25) is 0 Å². The molecule has 0 aliphatic heterocycles. The van der Waals surface area contributed by atoms with Crippen molar-refractivity contribution in [2.24, 2.45) is 23.7 Å². The fourth-order valence-corrected chi connectivity index (χ4v) is 5.70. The molecule has 4 unspecified atom stereocenters. The van der Waals surface area contributed by atoms with Gasteiger partial charge < -0.3 is 18.9 Å². The van der Waals surface area contributed by atoms with Gasteiger partial charge in [0.25, 0.3) is 0 Å². The van der Waals surface area contributed by atoms with Crippen LogP contribution in [0, 0.1) is 23.7 Å². The van der Waals surface area contributed by atoms with Crippen molar-refractivity contribution in [3.63, 3.8) is 0 Å². The Labute approximate surface area is 235 Å². The van der Waals surface area contributed by atoms with E-state index < -0.39 is 35.6 Å². The highest BCUT2D eigenvalue weighted by molar-refractivity contribution is 5.84. The first-order chi connectivity index (χ1) is 19.4. The number of carbonyl (C=O) groups excluding carboxylic acids is 4. The maximum absolute atomic E-state index is 12.9. The average Bonchev–Trinajstić information content (AvgIpc) is 2.98. The van der Waals surface area contributed by atoms with Gasteiger partial charge in [0, 0.05) is 0 Å². The molecule has 8 heteroatoms. The molecule has 2 fully saturated rings. The van der Waals surface area contributed by atoms with E-state index in [2.05, 4.69) is 0 Å². The molecule has 0 spiro atoms. The molecule has 0 bridgehead atoms. The zero-order valence-electron chi connectivity index (χ0n) is 23.3. The Morgan fingerprint density at radius 1 is 0.525 bits per heavy atom. The molecule has 40 heavy (non-hydrogen) atoms. The lowest BCUT2D eigenvalue weighted by Crippen LogP contribution is -2.36. The molecule has 214 valence electrons. The maximum Gasteiger partial charge on any atom is 0.315 e. The predicted octanol–water partition coefficient (Wildman–Crippen LogP) is 5.90. The van der Waals surface area contributed by atoms with Gasteiger partial charge in [-0.2, -0.15) is 0 Å². The topological polar surface area (TPSA) is 105 Å². The molecular formula is C32H38O8. The van der Waals surface area contributed by atoms with Crippen LogP contribution in [0.25, 0.3) is 11.1 Å². The van der Waals surface area contributed by atoms with Crippen LogP contribution in [0.4, 0.5) is 0 Å². The van der Waals surface area contributed by atoms with Crippen LogP contribution in [0.1, 0.15) is 65.2 Å². The largest absolute Gasteiger partial charge is 0.466 e. The van der Waals surface area contributed by atoms with Crippen LogP contribution in [-0.2, 0) is 28.7 Å². The first-order valence-corrected chi connectivity index (χ1v) is 14.4. The Kier molecular flexibility index (Phi) is 10.3. The summed E-state index contributed by atoms with van der Waals surface area (Å²) in [5, 5.41) is 0. The lowest BCUT2D eigenvalue weighted by atomic mass is 9.79. The Hall–Kier alpha value is -3.68. The van der Waals surface area contributed by atoms with E-state index in [-0.39, 0.29) is 11.9 Å². The van der Waals surface area contributed by atoms with E-state index in [0.29, 0.717) is 50.4 Å². The number of hydrogen-bond acceptors (Lipinski definition) is 8. The SMILES string of the molecule is CCOC(=O)C1CCCCC1C(=O)Oc1ccc(-c2ccc(OC(=O)C3CCCCC3C(=O)OCC)cc2)cc1. The van der Waals surface area contributed by atoms with Gasteiger partial charge in [0.15, 0.2) is 0 Å². The minimum absolute atomic E-state index is 0.290. The summed E-state index contributed by atoms with van der Waals surface area (Å²) >= 11 is 0. The van der Waals surface area contributed by atoms with Crippen molar-refractivity contribution in [2.75, 3.05) is 13.2 Å². The van der Waals surface area contributed by atoms with E-state index >= 15 is 0 Å². The Balaban J connectivity index is 1.35. The van der Waals surface area contributed by atoms with Crippen LogP contribution >= 0.6 is 0 Å². The summed E-state index contributed by atoms with van der Waals surface area (Å²) in [7, 11) is 0. The predicted molar refractivity (Wildman–Crippen MR) is 147 cm³/mol. The highest BCUT2D eigenvalue weighted by Crippen LogP contribution is 2.34. The van der Waals surface area contributed by atoms with Crippen LogP contribution in [0.3, 0.4) is 0 Å². The molecule has 2 aliphatic carbocycles. The Morgan fingerprint density at radius 2 is 0.825 bits per heavy atom. The van der Waals surface area contributed by atoms with Crippen molar-refractivity contribution >= 4 is 23.9 Å². The van der Waals surface area contributed by atoms with Gasteiger partial charge in [0.1, 0.15) is 11.5 Å². The van der Waals surface area contributed by atoms with Gasteiger partial charge in [-0.25, -0.2) is 0 Å². The normalized spacial score (nSPS) is 22.6. The molecule has 2 saturated carbocycles. The van der Waals surface area contributed by atoms with E-state index in [1.807, 2.05) is 24.3 Å². The van der Waals surface area contributed by atoms with Crippen molar-refractivity contribution in [1.82, 2.24) is 0 Å². The van der Waals surface area contributed by atoms with Gasteiger partial charge in [-0.15, -0.1) is 0 Å². The maximum atomic E-state index is 12.9. The second-order valence-corrected chi connectivity index (χ2v) is 10.4. The second kappa shape index (κ2) is 14.1. The molecule has 8 nitrogen and oxygen atoms in total. The molecule has 2 aromatic carbocycles. The number of esters is 4. The second-order valence-electron chi connectivity index (χ2n) is 10.4. The third-order valence-electron chi connectivity index (χ3n) is 7.79. The van der Waals surface area contributed by atoms with Gasteiger partial charge in [-0.3, -0.25) is 19.2 Å². The summed E-state index contributed by atoms with van der Waals surface area (Å²) in [4.78, 5) is 50.4. The number of benzene rings is 2. The number of rotatable bonds is 9. The molecule has 4 rings (SSSR count). The summed E-state index contributed by atoms with van der Waals surface area (Å²) in [6, 6.07) is 14.3. The fourth-order valence-electron chi connectivity index (χ4n) is 5.70. The van der Waals surface area contributed by atoms with Crippen LogP contribution in [0.5, 0.6) is 11.5 Å². The lowest BCUT2D eigenvalue weighted by molar-refractivity contribution is -0.158. The van der Waals surface area contributed by atoms with Gasteiger partial charge in [-0.1, -0.05) is 49.9 Å². The molecule has 0 amide bonds. The van der Waals surface area contributed by atoms with Crippen molar-refractivity contribution in [3.05, 3.63) is 48.5 Å². The summed E-state index contributed by atoms with van der Waals surface area (Å²) in [6.45, 7) is 4.10. The van der Waals surface area contributed by atoms with Crippen molar-refractivity contribution in [2.45, 2.75) is 65.2 Å². The molecule has 0 heterocycles. The molecule has 2 aromatic rings. The zero-order valence-corrected chi connectivity index (χ0v) is 23.3. The van der Waals surface area contributed by atoms with Gasteiger partial charge in [-0.05, 0) is 74.9 Å². The number of ether oxygens (including phenoxy) is 4. The molecule has 4 atom stereocenters. The molecule has 0 radical (unpaired) electrons. The summed E-state index contributed by atoms with van der Waals surface area (Å²) < 4.78 is 21.6. The van der Waals surface area contributed by atoms with Gasteiger partial charge in [0.05, 0.1) is 36.9 Å². The lowest BCUT2D eigenvalue weighted by Gasteiger charge is -2.28. The van der Waals surface area contributed by atoms with Crippen molar-refractivity contribution < 1.29 is 38.1 Å². The summed E-state index contributed by atoms with van der Waals surface area (Å²) in [5.74, 6) is -2.54. The Bertz CT molecular complexity index is 1080. The highest BCUT2D eigenvalue weighted by Gasteiger charge is 2.39. The molecule has 0 N–H and O–H groups in total. The smallest absolute Gasteiger partial charge is 0.315 e. The number of hydrogen-bond donors (Lipinski definition) is 0. The molecule has 2 aliphatic rings. The van der Waals surface area contributed by atoms with Crippen LogP contribution < -0.4 is 9.47 Å². The minimum Gasteiger partial charge on any atom is -0.466 e. The monoisotopic (exact) mass is 550 g/mol. The molecular weight excluding hydrogens is 512 g/mol. The zero-order chi connectivity index (χ0) is 28.5. The summed E-state index contributed by atoms with van der Waals surface area (Å²) in [5.41, 5.74) is 1.80. The third-order valence-corrected chi connectivity index (χ3v) is 7.79. The minimum atomic E-state index is -0.496. The highest BCUT2D eigenvalue weighted by atomic mass is 16.5. The fraction of sp³-hybridized carbons (Fsp3) is 0.500. The molecule has 0 saturated heterocycles. The quantitative estimate of drug-likeness (QED) is 0.281. The van der Waals surface area contributed by atoms with E-state index in [1.54, 1.807) is 38.1 Å². The van der Waals surface area contributed by atoms with Crippen molar-refractivity contribution in [3.8, 4) is 22.6 Å². The Morgan fingerprint density at radius 3 is 1.12 bits per heavy atom. The first kappa shape index (κ1) is 29.3. The van der Waals surface area contributed by atoms with E-state index in [1.165, 1.54) is 0 Å². The van der Waals surface area contributed by atoms with Crippen molar-refractivity contribution in [1.29, 1.82) is 0 Å². The standard InChI is InChI=1S/C32H38O8/c1-3-37-29(33)25-9-5-7-11-27(25)31(35)39-23-17-13-21(14-18-23)22-15-19-24(20-16-22)40-32(36)28-12-8-6-10-26(28)30(34)38-4-2/h13-20,25-28H,3-12H2,1-2H3. The van der Waals surface area contributed by atoms with Crippen LogP contribution in [0.15, 0.2) is 48.5 Å². The van der Waals surface area contributed by atoms with E-state index in [9.17, 15) is 19.2 Å². The number of carbonyl (C=O) groups is 4. The first-order valence-electron chi connectivity index (χ1n) is 14.4. The summed E-state index contributed by atoms with van der Waals surface area (Å²) in [6.07, 6.45) is 6.05. The van der Waals surface area contributed by atoms with Gasteiger partial charge in [0.2, 0.25) is 0 Å². The molecule has 0 aromatic heterocycles. The van der Waals surface area contributed by atoms with Crippen LogP contribution in [-0.4, -0.2) is 37.1 Å².